The first-order valence-electron chi connectivity index (χ1n) is 6.20. The average molecular weight is 217 g/mol. The van der Waals surface area contributed by atoms with Crippen molar-refractivity contribution in [2.75, 3.05) is 18.0 Å². The lowest BCUT2D eigenvalue weighted by atomic mass is 10.1. The van der Waals surface area contributed by atoms with Crippen LogP contribution in [0, 0.1) is 0 Å². The van der Waals surface area contributed by atoms with Gasteiger partial charge in [-0.3, -0.25) is 4.79 Å². The van der Waals surface area contributed by atoms with Gasteiger partial charge in [-0.15, -0.1) is 0 Å². The number of Topliss-reactive ketones (excluding diaryl/α,β-unsaturated/α-hetero) is 1. The number of carbonyl (C=O) groups is 1. The van der Waals surface area contributed by atoms with Gasteiger partial charge in [-0.1, -0.05) is 25.5 Å². The van der Waals surface area contributed by atoms with Gasteiger partial charge in [0.05, 0.1) is 0 Å². The third kappa shape index (κ3) is 2.26. The molecule has 0 N–H and O–H groups in total. The molecule has 0 fully saturated rings. The van der Waals surface area contributed by atoms with Crippen LogP contribution in [0.15, 0.2) is 24.3 Å². The molecule has 0 amide bonds. The number of unbranched alkanes of at least 4 members (excludes halogenated alkanes) is 1. The number of benzene rings is 1. The summed E-state index contributed by atoms with van der Waals surface area (Å²) in [6, 6.07) is 8.02. The van der Waals surface area contributed by atoms with Gasteiger partial charge >= 0.3 is 0 Å². The van der Waals surface area contributed by atoms with Gasteiger partial charge in [-0.05, 0) is 25.0 Å². The molecule has 0 aliphatic carbocycles. The second kappa shape index (κ2) is 5.15. The van der Waals surface area contributed by atoms with E-state index in [1.807, 2.05) is 18.2 Å². The van der Waals surface area contributed by atoms with E-state index in [2.05, 4.69) is 17.9 Å². The number of carbonyl (C=O) groups excluding carboxylic acids is 1. The molecule has 0 saturated carbocycles. The Morgan fingerprint density at radius 1 is 1.31 bits per heavy atom. The zero-order valence-corrected chi connectivity index (χ0v) is 9.91. The molecule has 1 aromatic rings. The molecule has 2 nitrogen and oxygen atoms in total. The van der Waals surface area contributed by atoms with Crippen LogP contribution in [-0.2, 0) is 0 Å². The van der Waals surface area contributed by atoms with Gasteiger partial charge in [0, 0.05) is 30.8 Å². The Morgan fingerprint density at radius 3 is 2.94 bits per heavy atom. The van der Waals surface area contributed by atoms with Gasteiger partial charge in [0.1, 0.15) is 0 Å². The Hall–Kier alpha value is -1.31. The van der Waals surface area contributed by atoms with Gasteiger partial charge in [-0.2, -0.15) is 0 Å². The first-order chi connectivity index (χ1) is 7.83. The quantitative estimate of drug-likeness (QED) is 0.774. The van der Waals surface area contributed by atoms with E-state index in [0.29, 0.717) is 12.2 Å². The topological polar surface area (TPSA) is 20.3 Å². The summed E-state index contributed by atoms with van der Waals surface area (Å²) < 4.78 is 0. The predicted molar refractivity (Wildman–Crippen MR) is 67.1 cm³/mol. The second-order valence-electron chi connectivity index (χ2n) is 4.38. The summed E-state index contributed by atoms with van der Waals surface area (Å²) in [5.41, 5.74) is 2.05. The van der Waals surface area contributed by atoms with Gasteiger partial charge in [0.15, 0.2) is 5.78 Å². The van der Waals surface area contributed by atoms with E-state index in [0.717, 1.165) is 30.8 Å². The molecule has 0 radical (unpaired) electrons. The summed E-state index contributed by atoms with van der Waals surface area (Å²) in [7, 11) is 0. The van der Waals surface area contributed by atoms with Gasteiger partial charge < -0.3 is 4.90 Å². The fourth-order valence-electron chi connectivity index (χ4n) is 2.25. The Balaban J connectivity index is 2.27. The predicted octanol–water partition coefficient (Wildman–Crippen LogP) is 3.27. The van der Waals surface area contributed by atoms with Crippen molar-refractivity contribution in [3.8, 4) is 0 Å². The fraction of sp³-hybridized carbons (Fsp3) is 0.500. The van der Waals surface area contributed by atoms with Gasteiger partial charge in [0.2, 0.25) is 0 Å². The lowest BCUT2D eigenvalue weighted by molar-refractivity contribution is 0.0984. The average Bonchev–Trinajstić information content (AvgIpc) is 2.47. The minimum Gasteiger partial charge on any atom is -0.371 e. The number of hydrogen-bond acceptors (Lipinski definition) is 2. The summed E-state index contributed by atoms with van der Waals surface area (Å²) in [6.45, 7) is 4.29. The molecule has 0 saturated heterocycles. The van der Waals surface area contributed by atoms with Crippen LogP contribution in [0.5, 0.6) is 0 Å². The third-order valence-electron chi connectivity index (χ3n) is 3.16. The maximum Gasteiger partial charge on any atom is 0.165 e. The van der Waals surface area contributed by atoms with E-state index in [9.17, 15) is 4.79 Å². The number of fused-ring (bicyclic) bond motifs is 1. The number of nitrogens with zero attached hydrogens (tertiary/aromatic N) is 1. The Bertz CT molecular complexity index is 373. The van der Waals surface area contributed by atoms with Crippen molar-refractivity contribution >= 4 is 11.5 Å². The Morgan fingerprint density at radius 2 is 2.12 bits per heavy atom. The van der Waals surface area contributed by atoms with Crippen LogP contribution in [0.3, 0.4) is 0 Å². The molecule has 16 heavy (non-hydrogen) atoms. The maximum absolute atomic E-state index is 11.9. The molecule has 0 aromatic heterocycles. The van der Waals surface area contributed by atoms with E-state index in [1.165, 1.54) is 12.8 Å². The highest BCUT2D eigenvalue weighted by Gasteiger charge is 2.19. The molecule has 0 spiro atoms. The van der Waals surface area contributed by atoms with Crippen LogP contribution < -0.4 is 4.90 Å². The lowest BCUT2D eigenvalue weighted by Gasteiger charge is -2.24. The van der Waals surface area contributed by atoms with Crippen molar-refractivity contribution < 1.29 is 4.79 Å². The van der Waals surface area contributed by atoms with Crippen molar-refractivity contribution in [3.63, 3.8) is 0 Å². The van der Waals surface area contributed by atoms with Crippen molar-refractivity contribution in [2.24, 2.45) is 0 Å². The Kier molecular flexibility index (Phi) is 3.60. The SMILES string of the molecule is CCCCN1CCCC(=O)c2ccccc21. The number of rotatable bonds is 3. The zero-order chi connectivity index (χ0) is 11.4. The summed E-state index contributed by atoms with van der Waals surface area (Å²) in [5, 5.41) is 0. The van der Waals surface area contributed by atoms with Crippen LogP contribution >= 0.6 is 0 Å². The van der Waals surface area contributed by atoms with Crippen molar-refractivity contribution in [1.82, 2.24) is 0 Å². The van der Waals surface area contributed by atoms with E-state index < -0.39 is 0 Å². The molecule has 86 valence electrons. The minimum atomic E-state index is 0.301. The first-order valence-corrected chi connectivity index (χ1v) is 6.20. The smallest absolute Gasteiger partial charge is 0.165 e. The van der Waals surface area contributed by atoms with Crippen molar-refractivity contribution in [2.45, 2.75) is 32.6 Å². The van der Waals surface area contributed by atoms with E-state index in [1.54, 1.807) is 0 Å². The second-order valence-corrected chi connectivity index (χ2v) is 4.38. The normalized spacial score (nSPS) is 15.8. The van der Waals surface area contributed by atoms with Crippen LogP contribution in [0.4, 0.5) is 5.69 Å². The molecular formula is C14H19NO. The summed E-state index contributed by atoms with van der Waals surface area (Å²) in [6.07, 6.45) is 4.08. The molecule has 1 aliphatic heterocycles. The molecule has 0 atom stereocenters. The monoisotopic (exact) mass is 217 g/mol. The van der Waals surface area contributed by atoms with E-state index >= 15 is 0 Å². The third-order valence-corrected chi connectivity index (χ3v) is 3.16. The molecule has 1 aromatic carbocycles. The molecule has 0 bridgehead atoms. The minimum absolute atomic E-state index is 0.301. The molecule has 2 rings (SSSR count). The number of ketones is 1. The summed E-state index contributed by atoms with van der Waals surface area (Å²) >= 11 is 0. The Labute approximate surface area is 97.3 Å². The molecule has 1 aliphatic rings. The molecule has 2 heteroatoms. The van der Waals surface area contributed by atoms with E-state index in [-0.39, 0.29) is 0 Å². The largest absolute Gasteiger partial charge is 0.371 e. The summed E-state index contributed by atoms with van der Waals surface area (Å²) in [5.74, 6) is 0.301. The summed E-state index contributed by atoms with van der Waals surface area (Å²) in [4.78, 5) is 14.3. The van der Waals surface area contributed by atoms with Crippen LogP contribution in [-0.4, -0.2) is 18.9 Å². The fourth-order valence-corrected chi connectivity index (χ4v) is 2.25. The molecule has 1 heterocycles. The van der Waals surface area contributed by atoms with Crippen LogP contribution in [0.2, 0.25) is 0 Å². The number of hydrogen-bond donors (Lipinski definition) is 0. The molecule has 0 unspecified atom stereocenters. The van der Waals surface area contributed by atoms with Crippen LogP contribution in [0.1, 0.15) is 43.0 Å². The highest BCUT2D eigenvalue weighted by atomic mass is 16.1. The lowest BCUT2D eigenvalue weighted by Crippen LogP contribution is -2.25. The van der Waals surface area contributed by atoms with Crippen molar-refractivity contribution in [1.29, 1.82) is 0 Å². The van der Waals surface area contributed by atoms with Crippen molar-refractivity contribution in [3.05, 3.63) is 29.8 Å². The van der Waals surface area contributed by atoms with E-state index in [4.69, 9.17) is 0 Å². The highest BCUT2D eigenvalue weighted by molar-refractivity contribution is 6.01. The van der Waals surface area contributed by atoms with Gasteiger partial charge in [0.25, 0.3) is 0 Å². The molecular weight excluding hydrogens is 198 g/mol. The zero-order valence-electron chi connectivity index (χ0n) is 9.91. The van der Waals surface area contributed by atoms with Crippen LogP contribution in [0.25, 0.3) is 0 Å². The highest BCUT2D eigenvalue weighted by Crippen LogP contribution is 2.26. The number of para-hydroxylation sites is 1. The standard InChI is InChI=1S/C14H19NO/c1-2-3-10-15-11-6-9-14(16)12-7-4-5-8-13(12)15/h4-5,7-8H,2-3,6,9-11H2,1H3. The number of anilines is 1. The maximum atomic E-state index is 11.9. The first kappa shape index (κ1) is 11.2. The van der Waals surface area contributed by atoms with Gasteiger partial charge in [-0.25, -0.2) is 0 Å².